The van der Waals surface area contributed by atoms with Gasteiger partial charge < -0.3 is 78.5 Å². The van der Waals surface area contributed by atoms with Crippen molar-refractivity contribution in [3.8, 4) is 0 Å². The first-order valence-corrected chi connectivity index (χ1v) is 33.8. The highest BCUT2D eigenvalue weighted by molar-refractivity contribution is 5.81. The number of hydrogen-bond donors (Lipinski definition) is 15. The van der Waals surface area contributed by atoms with E-state index in [0.717, 1.165) is 76.4 Å². The maximum absolute atomic E-state index is 10.5. The van der Waals surface area contributed by atoms with E-state index in [2.05, 4.69) is 47.9 Å². The third-order valence-corrected chi connectivity index (χ3v) is 17.3. The average Bonchev–Trinajstić information content (AvgIpc) is 3.61. The van der Waals surface area contributed by atoms with Crippen molar-refractivity contribution >= 4 is 35.8 Å². The number of carboxylic acids is 3. The zero-order chi connectivity index (χ0) is 60.6. The summed E-state index contributed by atoms with van der Waals surface area (Å²) in [4.78, 5) is 45.8. The largest absolute Gasteiger partial charge is 0.481 e. The van der Waals surface area contributed by atoms with Crippen LogP contribution in [0.1, 0.15) is 244 Å². The van der Waals surface area contributed by atoms with Crippen molar-refractivity contribution < 1.29 is 45.0 Å². The molecule has 0 aromatic carbocycles. The van der Waals surface area contributed by atoms with E-state index in [1.807, 2.05) is 6.92 Å². The zero-order valence-corrected chi connectivity index (χ0v) is 52.4. The molecular formula is C63H122N12O9. The summed E-state index contributed by atoms with van der Waals surface area (Å²) in [5.74, 6) is 0.724. The monoisotopic (exact) mass is 1190 g/mol. The van der Waals surface area contributed by atoms with Crippen molar-refractivity contribution in [2.24, 2.45) is 20.4 Å². The number of rotatable bonds is 31. The van der Waals surface area contributed by atoms with E-state index in [1.54, 1.807) is 0 Å². The molecule has 0 heterocycles. The molecule has 0 atom stereocenters. The highest BCUT2D eigenvalue weighted by Crippen LogP contribution is 2.23. The fraction of sp³-hybridized carbons (Fsp3) is 0.905. The van der Waals surface area contributed by atoms with Crippen molar-refractivity contribution in [3.05, 3.63) is 0 Å². The van der Waals surface area contributed by atoms with Gasteiger partial charge in [-0.15, -0.1) is 0 Å². The van der Waals surface area contributed by atoms with Gasteiger partial charge in [-0.25, -0.2) is 0 Å². The molecule has 0 aliphatic heterocycles. The molecule has 0 radical (unpaired) electrons. The van der Waals surface area contributed by atoms with Crippen LogP contribution in [-0.2, 0) is 14.4 Å². The lowest BCUT2D eigenvalue weighted by molar-refractivity contribution is -0.137. The Kier molecular flexibility index (Phi) is 43.3. The molecule has 6 aliphatic carbocycles. The van der Waals surface area contributed by atoms with Gasteiger partial charge in [0.05, 0.1) is 39.1 Å². The lowest BCUT2D eigenvalue weighted by Gasteiger charge is -2.29. The fourth-order valence-corrected chi connectivity index (χ4v) is 11.7. The molecule has 0 spiro atoms. The highest BCUT2D eigenvalue weighted by atomic mass is 16.4. The fourth-order valence-electron chi connectivity index (χ4n) is 11.7. The van der Waals surface area contributed by atoms with Crippen LogP contribution in [0.5, 0.6) is 0 Å². The quantitative estimate of drug-likeness (QED) is 0.0184. The Bertz CT molecular complexity index is 1480. The second-order valence-corrected chi connectivity index (χ2v) is 24.6. The number of hydrogen-bond acceptors (Lipinski definition) is 12. The molecular weight excluding hydrogens is 1070 g/mol. The summed E-state index contributed by atoms with van der Waals surface area (Å²) in [6, 6.07) is 3.40. The molecule has 0 unspecified atom stereocenters. The van der Waals surface area contributed by atoms with Gasteiger partial charge in [0.1, 0.15) is 0 Å². The van der Waals surface area contributed by atoms with Gasteiger partial charge in [0.2, 0.25) is 0 Å². The maximum Gasteiger partial charge on any atom is 0.304 e. The summed E-state index contributed by atoms with van der Waals surface area (Å²) in [7, 11) is 0. The lowest BCUT2D eigenvalue weighted by Crippen LogP contribution is -2.48. The minimum absolute atomic E-state index is 0.156. The molecule has 6 rings (SSSR count). The SMILES string of the molecule is CCC(CO)(CO)CO.O=C(O)CCNCCCN=C(NC1CCCCC1)NC1CCCCC1.O=C(O)CCNCCCN=C(NC1CCCCC1)NC1CCCCC1.O=C(O)CCNCCCN=C(NC1CCCCC1)NC1CCCCC1. The van der Waals surface area contributed by atoms with E-state index in [1.165, 1.54) is 193 Å². The molecule has 6 aliphatic rings. The Morgan fingerprint density at radius 2 is 0.548 bits per heavy atom. The summed E-state index contributed by atoms with van der Waals surface area (Å²) in [5, 5.41) is 83.3. The van der Waals surface area contributed by atoms with Crippen LogP contribution in [0.3, 0.4) is 0 Å². The van der Waals surface area contributed by atoms with E-state index < -0.39 is 23.3 Å². The molecule has 488 valence electrons. The number of guanidine groups is 3. The van der Waals surface area contributed by atoms with Gasteiger partial charge in [-0.05, 0) is 122 Å². The standard InChI is InChI=1S/3C19H36N4O2.C6H14O3/c3*24-18(25)12-15-20-13-7-14-21-19(22-16-8-3-1-4-9-16)23-17-10-5-2-6-11-17;1-2-6(3-7,4-8)5-9/h3*16-17,20H,1-15H2,(H,24,25)(H2,21,22,23);7-9H,2-5H2,1H3. The van der Waals surface area contributed by atoms with E-state index >= 15 is 0 Å². The molecule has 0 bridgehead atoms. The van der Waals surface area contributed by atoms with Gasteiger partial charge in [-0.3, -0.25) is 29.4 Å². The Morgan fingerprint density at radius 1 is 0.345 bits per heavy atom. The molecule has 84 heavy (non-hydrogen) atoms. The first kappa shape index (κ1) is 74.2. The normalized spacial score (nSPS) is 18.6. The topological polar surface area (TPSA) is 318 Å². The molecule has 21 heteroatoms. The summed E-state index contributed by atoms with van der Waals surface area (Å²) in [5.41, 5.74) is -0.667. The number of aliphatic imine (C=N–C) groups is 3. The van der Waals surface area contributed by atoms with Gasteiger partial charge in [0.15, 0.2) is 17.9 Å². The van der Waals surface area contributed by atoms with E-state index in [9.17, 15) is 14.4 Å². The second-order valence-electron chi connectivity index (χ2n) is 24.6. The van der Waals surface area contributed by atoms with Crippen LogP contribution in [0.4, 0.5) is 0 Å². The van der Waals surface area contributed by atoms with Crippen LogP contribution < -0.4 is 47.9 Å². The van der Waals surface area contributed by atoms with E-state index in [-0.39, 0.29) is 39.1 Å². The Balaban J connectivity index is 0.000000307. The molecule has 0 aromatic rings. The Labute approximate surface area is 506 Å². The number of nitrogens with one attached hydrogen (secondary N) is 9. The molecule has 6 fully saturated rings. The van der Waals surface area contributed by atoms with Crippen molar-refractivity contribution in [2.75, 3.05) is 78.7 Å². The summed E-state index contributed by atoms with van der Waals surface area (Å²) in [6.45, 7) is 7.72. The number of aliphatic hydroxyl groups is 3. The molecule has 0 saturated heterocycles. The van der Waals surface area contributed by atoms with Crippen LogP contribution in [-0.4, -0.2) is 181 Å². The van der Waals surface area contributed by atoms with Crippen LogP contribution in [0, 0.1) is 5.41 Å². The second kappa shape index (κ2) is 49.0. The Hall–Kier alpha value is -4.02. The van der Waals surface area contributed by atoms with Gasteiger partial charge >= 0.3 is 17.9 Å². The minimum Gasteiger partial charge on any atom is -0.481 e. The lowest BCUT2D eigenvalue weighted by atomic mass is 9.88. The highest BCUT2D eigenvalue weighted by Gasteiger charge is 2.25. The van der Waals surface area contributed by atoms with E-state index in [0.29, 0.717) is 62.3 Å². The van der Waals surface area contributed by atoms with Crippen LogP contribution in [0.2, 0.25) is 0 Å². The van der Waals surface area contributed by atoms with Gasteiger partial charge in [0.25, 0.3) is 0 Å². The van der Waals surface area contributed by atoms with Crippen molar-refractivity contribution in [1.82, 2.24) is 47.9 Å². The third-order valence-electron chi connectivity index (χ3n) is 17.3. The van der Waals surface area contributed by atoms with Crippen LogP contribution in [0.25, 0.3) is 0 Å². The van der Waals surface area contributed by atoms with Crippen LogP contribution >= 0.6 is 0 Å². The number of aliphatic hydroxyl groups excluding tert-OH is 3. The van der Waals surface area contributed by atoms with Gasteiger partial charge in [-0.1, -0.05) is 122 Å². The van der Waals surface area contributed by atoms with Crippen molar-refractivity contribution in [3.63, 3.8) is 0 Å². The summed E-state index contributed by atoms with van der Waals surface area (Å²) < 4.78 is 0. The number of aliphatic carboxylic acids is 3. The average molecular weight is 1190 g/mol. The zero-order valence-electron chi connectivity index (χ0n) is 52.4. The number of nitrogens with zero attached hydrogens (tertiary/aromatic N) is 3. The van der Waals surface area contributed by atoms with Crippen LogP contribution in [0.15, 0.2) is 15.0 Å². The molecule has 15 N–H and O–H groups in total. The molecule has 6 saturated carbocycles. The van der Waals surface area contributed by atoms with Crippen molar-refractivity contribution in [2.45, 2.75) is 281 Å². The maximum atomic E-state index is 10.5. The smallest absolute Gasteiger partial charge is 0.304 e. The molecule has 0 amide bonds. The van der Waals surface area contributed by atoms with E-state index in [4.69, 9.17) is 45.6 Å². The molecule has 21 nitrogen and oxygen atoms in total. The summed E-state index contributed by atoms with van der Waals surface area (Å²) in [6.07, 6.45) is 43.0. The predicted octanol–water partition coefficient (Wildman–Crippen LogP) is 7.28. The number of carboxylic acid groups (broad SMARTS) is 3. The summed E-state index contributed by atoms with van der Waals surface area (Å²) >= 11 is 0. The molecule has 0 aromatic heterocycles. The van der Waals surface area contributed by atoms with Gasteiger partial charge in [-0.2, -0.15) is 0 Å². The van der Waals surface area contributed by atoms with Gasteiger partial charge in [0, 0.05) is 80.9 Å². The minimum atomic E-state index is -0.749. The number of carbonyl (C=O) groups is 3. The first-order valence-electron chi connectivity index (χ1n) is 33.8. The third kappa shape index (κ3) is 38.2. The Morgan fingerprint density at radius 3 is 0.702 bits per heavy atom. The predicted molar refractivity (Wildman–Crippen MR) is 340 cm³/mol. The van der Waals surface area contributed by atoms with Crippen molar-refractivity contribution in [1.29, 1.82) is 0 Å². The first-order chi connectivity index (χ1) is 41.0.